The molecular formula is C12H20N4O2. The Morgan fingerprint density at radius 3 is 2.61 bits per heavy atom. The van der Waals surface area contributed by atoms with Gasteiger partial charge in [0.2, 0.25) is 11.9 Å². The van der Waals surface area contributed by atoms with Gasteiger partial charge in [0, 0.05) is 39.1 Å². The summed E-state index contributed by atoms with van der Waals surface area (Å²) in [6, 6.07) is 1.73. The predicted octanol–water partition coefficient (Wildman–Crippen LogP) is 0.144. The van der Waals surface area contributed by atoms with Crippen LogP contribution in [-0.2, 0) is 4.79 Å². The fraction of sp³-hybridized carbons (Fsp3) is 0.583. The van der Waals surface area contributed by atoms with Crippen LogP contribution in [0.15, 0.2) is 18.5 Å². The number of carbonyl (C=O) groups is 1. The summed E-state index contributed by atoms with van der Waals surface area (Å²) in [5.74, 6) is 0.546. The molecule has 0 atom stereocenters. The van der Waals surface area contributed by atoms with Gasteiger partial charge in [0.25, 0.3) is 0 Å². The fourth-order valence-electron chi connectivity index (χ4n) is 1.58. The number of aliphatic hydroxyl groups excluding tert-OH is 1. The van der Waals surface area contributed by atoms with E-state index in [1.807, 2.05) is 6.92 Å². The topological polar surface area (TPSA) is 69.6 Å². The molecule has 0 aromatic carbocycles. The van der Waals surface area contributed by atoms with Crippen LogP contribution in [0.1, 0.15) is 13.3 Å². The third-order valence-corrected chi connectivity index (χ3v) is 2.59. The van der Waals surface area contributed by atoms with E-state index >= 15 is 0 Å². The Morgan fingerprint density at radius 2 is 2.06 bits per heavy atom. The van der Waals surface area contributed by atoms with Gasteiger partial charge in [-0.3, -0.25) is 4.79 Å². The molecule has 0 bridgehead atoms. The number of anilines is 1. The quantitative estimate of drug-likeness (QED) is 0.747. The van der Waals surface area contributed by atoms with Crippen LogP contribution in [0.4, 0.5) is 5.95 Å². The monoisotopic (exact) mass is 252 g/mol. The summed E-state index contributed by atoms with van der Waals surface area (Å²) in [4.78, 5) is 23.6. The molecule has 100 valence electrons. The van der Waals surface area contributed by atoms with Crippen molar-refractivity contribution in [3.63, 3.8) is 0 Å². The first-order chi connectivity index (χ1) is 8.69. The van der Waals surface area contributed by atoms with Gasteiger partial charge in [-0.25, -0.2) is 9.97 Å². The van der Waals surface area contributed by atoms with E-state index in [1.165, 1.54) is 0 Å². The largest absolute Gasteiger partial charge is 0.396 e. The molecule has 0 fully saturated rings. The summed E-state index contributed by atoms with van der Waals surface area (Å²) in [5, 5.41) is 8.78. The molecule has 6 heteroatoms. The van der Waals surface area contributed by atoms with E-state index in [0.29, 0.717) is 25.5 Å². The molecule has 0 radical (unpaired) electrons. The summed E-state index contributed by atoms with van der Waals surface area (Å²) in [5.41, 5.74) is 0. The highest BCUT2D eigenvalue weighted by Gasteiger charge is 2.14. The standard InChI is InChI=1S/C12H20N4O2/c1-3-16(8-5-9-17)11(18)10-15(2)12-13-6-4-7-14-12/h4,6-7,17H,3,5,8-10H2,1-2H3. The van der Waals surface area contributed by atoms with Crippen molar-refractivity contribution in [2.75, 3.05) is 38.2 Å². The molecule has 0 aliphatic rings. The van der Waals surface area contributed by atoms with E-state index in [0.717, 1.165) is 0 Å². The second-order valence-electron chi connectivity index (χ2n) is 3.96. The number of rotatable bonds is 7. The normalized spacial score (nSPS) is 10.2. The molecule has 1 heterocycles. The zero-order valence-electron chi connectivity index (χ0n) is 10.9. The van der Waals surface area contributed by atoms with Crippen molar-refractivity contribution in [2.24, 2.45) is 0 Å². The van der Waals surface area contributed by atoms with Gasteiger partial charge >= 0.3 is 0 Å². The maximum absolute atomic E-state index is 12.0. The van der Waals surface area contributed by atoms with Gasteiger partial charge in [-0.05, 0) is 19.4 Å². The lowest BCUT2D eigenvalue weighted by atomic mass is 10.3. The molecule has 0 spiro atoms. The zero-order valence-corrected chi connectivity index (χ0v) is 10.9. The third kappa shape index (κ3) is 4.29. The molecule has 0 aliphatic heterocycles. The first-order valence-electron chi connectivity index (χ1n) is 6.05. The van der Waals surface area contributed by atoms with Crippen molar-refractivity contribution in [3.8, 4) is 0 Å². The van der Waals surface area contributed by atoms with Crippen molar-refractivity contribution in [3.05, 3.63) is 18.5 Å². The minimum absolute atomic E-state index is 0.0147. The molecular weight excluding hydrogens is 232 g/mol. The van der Waals surface area contributed by atoms with Crippen molar-refractivity contribution in [1.29, 1.82) is 0 Å². The van der Waals surface area contributed by atoms with Crippen molar-refractivity contribution in [1.82, 2.24) is 14.9 Å². The second-order valence-corrected chi connectivity index (χ2v) is 3.96. The maximum atomic E-state index is 12.0. The average Bonchev–Trinajstić information content (AvgIpc) is 2.40. The number of amides is 1. The molecule has 1 amide bonds. The molecule has 18 heavy (non-hydrogen) atoms. The Balaban J connectivity index is 2.52. The summed E-state index contributed by atoms with van der Waals surface area (Å²) in [6.07, 6.45) is 3.89. The van der Waals surface area contributed by atoms with Crippen LogP contribution in [-0.4, -0.2) is 59.2 Å². The average molecular weight is 252 g/mol. The lowest BCUT2D eigenvalue weighted by molar-refractivity contribution is -0.129. The molecule has 1 aromatic heterocycles. The number of likely N-dealkylation sites (N-methyl/N-ethyl adjacent to an activating group) is 2. The molecule has 1 aromatic rings. The van der Waals surface area contributed by atoms with E-state index in [9.17, 15) is 4.79 Å². The summed E-state index contributed by atoms with van der Waals surface area (Å²) in [6.45, 7) is 3.48. The summed E-state index contributed by atoms with van der Waals surface area (Å²) in [7, 11) is 1.78. The van der Waals surface area contributed by atoms with Gasteiger partial charge in [0.1, 0.15) is 0 Å². The van der Waals surface area contributed by atoms with E-state index in [2.05, 4.69) is 9.97 Å². The second kappa shape index (κ2) is 7.60. The smallest absolute Gasteiger partial charge is 0.242 e. The molecule has 0 saturated carbocycles. The molecule has 0 aliphatic carbocycles. The molecule has 6 nitrogen and oxygen atoms in total. The van der Waals surface area contributed by atoms with Crippen molar-refractivity contribution < 1.29 is 9.90 Å². The highest BCUT2D eigenvalue weighted by atomic mass is 16.3. The Kier molecular flexibility index (Phi) is 6.07. The maximum Gasteiger partial charge on any atom is 0.242 e. The first kappa shape index (κ1) is 14.4. The Bertz CT molecular complexity index is 358. The predicted molar refractivity (Wildman–Crippen MR) is 69.3 cm³/mol. The SMILES string of the molecule is CCN(CCCO)C(=O)CN(C)c1ncccn1. The Morgan fingerprint density at radius 1 is 1.39 bits per heavy atom. The minimum Gasteiger partial charge on any atom is -0.396 e. The number of nitrogens with zero attached hydrogens (tertiary/aromatic N) is 4. The number of aromatic nitrogens is 2. The van der Waals surface area contributed by atoms with Gasteiger partial charge in [-0.1, -0.05) is 0 Å². The number of aliphatic hydroxyl groups is 1. The van der Waals surface area contributed by atoms with Crippen LogP contribution in [0.25, 0.3) is 0 Å². The van der Waals surface area contributed by atoms with Crippen LogP contribution in [0.3, 0.4) is 0 Å². The third-order valence-electron chi connectivity index (χ3n) is 2.59. The molecule has 0 saturated heterocycles. The minimum atomic E-state index is 0.0147. The van der Waals surface area contributed by atoms with Gasteiger partial charge in [0.15, 0.2) is 0 Å². The summed E-state index contributed by atoms with van der Waals surface area (Å²) >= 11 is 0. The van der Waals surface area contributed by atoms with E-state index in [1.54, 1.807) is 35.3 Å². The van der Waals surface area contributed by atoms with Crippen molar-refractivity contribution >= 4 is 11.9 Å². The Hall–Kier alpha value is -1.69. The van der Waals surface area contributed by atoms with Crippen LogP contribution in [0, 0.1) is 0 Å². The molecule has 1 N–H and O–H groups in total. The molecule has 0 unspecified atom stereocenters. The lowest BCUT2D eigenvalue weighted by Crippen LogP contribution is -2.40. The molecule has 1 rings (SSSR count). The first-order valence-corrected chi connectivity index (χ1v) is 6.05. The number of hydrogen-bond donors (Lipinski definition) is 1. The van der Waals surface area contributed by atoms with Gasteiger partial charge in [0.05, 0.1) is 6.54 Å². The van der Waals surface area contributed by atoms with Crippen molar-refractivity contribution in [2.45, 2.75) is 13.3 Å². The lowest BCUT2D eigenvalue weighted by Gasteiger charge is -2.24. The highest BCUT2D eigenvalue weighted by molar-refractivity contribution is 5.80. The van der Waals surface area contributed by atoms with Crippen LogP contribution >= 0.6 is 0 Å². The summed E-state index contributed by atoms with van der Waals surface area (Å²) < 4.78 is 0. The van der Waals surface area contributed by atoms with Gasteiger partial charge in [-0.2, -0.15) is 0 Å². The number of carbonyl (C=O) groups excluding carboxylic acids is 1. The van der Waals surface area contributed by atoms with Crippen LogP contribution in [0.2, 0.25) is 0 Å². The van der Waals surface area contributed by atoms with Crippen LogP contribution < -0.4 is 4.90 Å². The van der Waals surface area contributed by atoms with Crippen LogP contribution in [0.5, 0.6) is 0 Å². The van der Waals surface area contributed by atoms with E-state index in [-0.39, 0.29) is 19.1 Å². The number of hydrogen-bond acceptors (Lipinski definition) is 5. The van der Waals surface area contributed by atoms with Gasteiger partial charge < -0.3 is 14.9 Å². The van der Waals surface area contributed by atoms with Gasteiger partial charge in [-0.15, -0.1) is 0 Å². The fourth-order valence-corrected chi connectivity index (χ4v) is 1.58. The highest BCUT2D eigenvalue weighted by Crippen LogP contribution is 2.03. The zero-order chi connectivity index (χ0) is 13.4. The van der Waals surface area contributed by atoms with E-state index in [4.69, 9.17) is 5.11 Å². The Labute approximate surface area is 107 Å². The van der Waals surface area contributed by atoms with E-state index < -0.39 is 0 Å².